The van der Waals surface area contributed by atoms with Gasteiger partial charge < -0.3 is 64.6 Å². The van der Waals surface area contributed by atoms with Gasteiger partial charge in [0.15, 0.2) is 0 Å². The molecule has 16 atom stereocenters. The van der Waals surface area contributed by atoms with Gasteiger partial charge in [0.25, 0.3) is 0 Å². The van der Waals surface area contributed by atoms with Gasteiger partial charge >= 0.3 is 5.97 Å². The Balaban J connectivity index is 0.000000237. The van der Waals surface area contributed by atoms with E-state index < -0.39 is 47.7 Å². The zero-order chi connectivity index (χ0) is 58.9. The molecule has 0 saturated carbocycles. The summed E-state index contributed by atoms with van der Waals surface area (Å²) in [5.41, 5.74) is 0.800. The molecule has 8 aliphatic heterocycles. The zero-order valence-electron chi connectivity index (χ0n) is 50.5. The fourth-order valence-electron chi connectivity index (χ4n) is 11.7. The van der Waals surface area contributed by atoms with Gasteiger partial charge in [0.2, 0.25) is 17.7 Å². The highest BCUT2D eigenvalue weighted by molar-refractivity contribution is 5.88. The Morgan fingerprint density at radius 3 is 1.41 bits per heavy atom. The summed E-state index contributed by atoms with van der Waals surface area (Å²) >= 11 is 0. The van der Waals surface area contributed by atoms with E-state index in [1.54, 1.807) is 18.2 Å². The topological polar surface area (TPSA) is 230 Å². The lowest BCUT2D eigenvalue weighted by atomic mass is 9.87. The number of nitrogens with one attached hydrogen (secondary N) is 3. The van der Waals surface area contributed by atoms with Crippen LogP contribution in [-0.4, -0.2) is 168 Å². The van der Waals surface area contributed by atoms with Crippen LogP contribution in [-0.2, 0) is 47.6 Å². The van der Waals surface area contributed by atoms with Crippen LogP contribution in [0.15, 0.2) is 71.9 Å². The molecule has 0 aromatic rings. The second-order valence-electron chi connectivity index (χ2n) is 25.2. The number of piperidine rings is 2. The van der Waals surface area contributed by atoms with Crippen LogP contribution in [0, 0.1) is 23.7 Å². The van der Waals surface area contributed by atoms with Crippen molar-refractivity contribution in [1.29, 1.82) is 0 Å². The molecule has 8 rings (SSSR count). The summed E-state index contributed by atoms with van der Waals surface area (Å²) in [5, 5.41) is 40.2. The molecule has 3 amide bonds. The van der Waals surface area contributed by atoms with Gasteiger partial charge in [0.05, 0.1) is 74.8 Å². The number of carboxylic acids is 1. The Labute approximate surface area is 484 Å². The monoisotopic (exact) mass is 1130 g/mol. The van der Waals surface area contributed by atoms with E-state index in [0.717, 1.165) is 62.8 Å². The third kappa shape index (κ3) is 21.2. The fourth-order valence-corrected chi connectivity index (χ4v) is 11.7. The highest BCUT2D eigenvalue weighted by Gasteiger charge is 2.59. The first-order valence-corrected chi connectivity index (χ1v) is 30.7. The van der Waals surface area contributed by atoms with Gasteiger partial charge in [0, 0.05) is 25.9 Å². The summed E-state index contributed by atoms with van der Waals surface area (Å²) in [4.78, 5) is 50.3. The number of hydrogen-bond acceptors (Lipinski definition) is 13. The first kappa shape index (κ1) is 66.1. The van der Waals surface area contributed by atoms with Crippen molar-refractivity contribution in [2.45, 2.75) is 243 Å². The molecule has 6 N–H and O–H groups in total. The lowest BCUT2D eigenvalue weighted by molar-refractivity contribution is -0.155. The fraction of sp³-hybridized carbons (Fsp3) is 0.750. The van der Waals surface area contributed by atoms with Crippen LogP contribution >= 0.6 is 0 Å². The average Bonchev–Trinajstić information content (AvgIpc) is 4.56. The Bertz CT molecular complexity index is 2200. The second-order valence-corrected chi connectivity index (χ2v) is 25.2. The normalized spacial score (nSPS) is 36.4. The van der Waals surface area contributed by atoms with Crippen molar-refractivity contribution in [3.05, 3.63) is 71.9 Å². The molecule has 17 heteroatoms. The number of aliphatic hydroxyl groups is 2. The molecule has 8 saturated heterocycles. The lowest BCUT2D eigenvalue weighted by Gasteiger charge is -2.39. The van der Waals surface area contributed by atoms with Crippen LogP contribution in [0.3, 0.4) is 0 Å². The van der Waals surface area contributed by atoms with Crippen LogP contribution in [0.4, 0.5) is 0 Å². The summed E-state index contributed by atoms with van der Waals surface area (Å²) in [5.74, 6) is 0.319. The number of amides is 3. The molecule has 0 unspecified atom stereocenters. The molecule has 8 fully saturated rings. The van der Waals surface area contributed by atoms with Crippen LogP contribution in [0.25, 0.3) is 0 Å². The second kappa shape index (κ2) is 31.7. The average molecular weight is 1140 g/mol. The first-order valence-electron chi connectivity index (χ1n) is 30.7. The van der Waals surface area contributed by atoms with E-state index in [1.807, 2.05) is 90.7 Å². The Hall–Kier alpha value is -4.04. The summed E-state index contributed by atoms with van der Waals surface area (Å²) < 4.78 is 35.8. The summed E-state index contributed by atoms with van der Waals surface area (Å²) in [6.45, 7) is 25.6. The van der Waals surface area contributed by atoms with Gasteiger partial charge in [-0.15, -0.1) is 0 Å². The molecular weight excluding hydrogens is 1030 g/mol. The van der Waals surface area contributed by atoms with E-state index in [1.165, 1.54) is 38.8 Å². The number of ether oxygens (including phenoxy) is 6. The van der Waals surface area contributed by atoms with Gasteiger partial charge in [-0.05, 0) is 134 Å². The number of epoxide rings is 2. The smallest absolute Gasteiger partial charge is 0.305 e. The SMILES string of the molecule is C1CCNCC1.CC(/C=C/[C@H]1O[C@H](CC(=O)N2CCCCC2)C[C@@]2(CO2)[C@@H]1O)=C\C[C@@H]1O[C@H](C)[C@H](NC(=O)/C=C\C(C)C)C[C@@H]1C.CC(/C=C/[C@H]1O[C@H](CC(=O)O)C[C@@]2(CO2)[C@@H]1O)=C\C[C@@H]1O[C@H](C)[C@H](NC(=O)/C=C\C(C)C)C[C@@H]1C. The summed E-state index contributed by atoms with van der Waals surface area (Å²) in [6, 6.07) is -0.0200. The number of carbonyl (C=O) groups excluding carboxylic acids is 3. The summed E-state index contributed by atoms with van der Waals surface area (Å²) in [7, 11) is 0. The molecule has 8 aliphatic rings. The van der Waals surface area contributed by atoms with E-state index >= 15 is 0 Å². The minimum absolute atomic E-state index is 0.00261. The molecule has 8 heterocycles. The van der Waals surface area contributed by atoms with E-state index in [0.29, 0.717) is 50.2 Å². The zero-order valence-corrected chi connectivity index (χ0v) is 50.5. The number of aliphatic hydroxyl groups excluding tert-OH is 2. The number of allylic oxidation sites excluding steroid dienone is 6. The predicted octanol–water partition coefficient (Wildman–Crippen LogP) is 7.99. The number of likely N-dealkylation sites (tertiary alicyclic amines) is 1. The molecule has 456 valence electrons. The predicted molar refractivity (Wildman–Crippen MR) is 313 cm³/mol. The minimum atomic E-state index is -0.925. The first-order chi connectivity index (χ1) is 38.5. The van der Waals surface area contributed by atoms with Crippen LogP contribution in [0.5, 0.6) is 0 Å². The molecule has 0 aromatic carbocycles. The maximum atomic E-state index is 12.8. The maximum Gasteiger partial charge on any atom is 0.305 e. The molecule has 2 spiro atoms. The number of carboxylic acid groups (broad SMARTS) is 1. The van der Waals surface area contributed by atoms with E-state index in [4.69, 9.17) is 33.5 Å². The molecule has 0 aromatic heterocycles. The largest absolute Gasteiger partial charge is 0.481 e. The standard InChI is InChI=1S/C32H50N2O6.C27H41NO7.C5H11N/c1-21(2)9-14-29(35)33-26-17-23(4)27(39-24(26)5)12-10-22(3)11-13-28-31(37)32(20-38-32)19-25(40-28)18-30(36)34-15-7-6-8-16-34;1-16(2)6-11-24(29)28-21-12-18(4)22(34-19(21)5)9-7-17(3)8-10-23-26(32)27(15-33-27)14-20(35-23)13-25(30)31;1-2-4-6-5-3-1/h9-11,13-14,21,23-28,31,37H,6-8,12,15-20H2,1-5H3,(H,33,35);6-8,10-11,16,18-23,26,32H,9,12-15H2,1-5H3,(H,28,29)(H,30,31);6H,1-5H2/b13-11+,14-9-,22-10+;10-8+,11-6-,17-7+;/t23-,24+,25+,26+,27-,28+,31+,32+;18-,19+,20+,21+,22-,23+,26+,27+;/m00./s1. The third-order valence-electron chi connectivity index (χ3n) is 17.1. The highest BCUT2D eigenvalue weighted by atomic mass is 16.6. The third-order valence-corrected chi connectivity index (χ3v) is 17.1. The van der Waals surface area contributed by atoms with Crippen molar-refractivity contribution >= 4 is 23.7 Å². The molecular formula is C64H102N4O13. The van der Waals surface area contributed by atoms with Gasteiger partial charge in [0.1, 0.15) is 35.6 Å². The number of aliphatic carboxylic acids is 1. The lowest BCUT2D eigenvalue weighted by Crippen LogP contribution is -2.51. The van der Waals surface area contributed by atoms with Gasteiger partial charge in [-0.2, -0.15) is 0 Å². The van der Waals surface area contributed by atoms with E-state index in [-0.39, 0.29) is 72.7 Å². The molecule has 0 aliphatic carbocycles. The van der Waals surface area contributed by atoms with Crippen molar-refractivity contribution in [2.24, 2.45) is 23.7 Å². The Kier molecular flexibility index (Phi) is 25.9. The van der Waals surface area contributed by atoms with Crippen molar-refractivity contribution in [3.8, 4) is 0 Å². The minimum Gasteiger partial charge on any atom is -0.481 e. The van der Waals surface area contributed by atoms with E-state index in [9.17, 15) is 29.4 Å². The Morgan fingerprint density at radius 1 is 0.617 bits per heavy atom. The molecule has 81 heavy (non-hydrogen) atoms. The number of hydrogen-bond donors (Lipinski definition) is 6. The molecule has 0 radical (unpaired) electrons. The van der Waals surface area contributed by atoms with Crippen LogP contribution in [0.1, 0.15) is 159 Å². The van der Waals surface area contributed by atoms with Crippen LogP contribution < -0.4 is 16.0 Å². The van der Waals surface area contributed by atoms with Gasteiger partial charge in [-0.1, -0.05) is 108 Å². The number of rotatable bonds is 18. The van der Waals surface area contributed by atoms with Crippen molar-refractivity contribution < 1.29 is 62.9 Å². The van der Waals surface area contributed by atoms with Crippen LogP contribution in [0.2, 0.25) is 0 Å². The van der Waals surface area contributed by atoms with Gasteiger partial charge in [-0.3, -0.25) is 19.2 Å². The quantitative estimate of drug-likeness (QED) is 0.0434. The maximum absolute atomic E-state index is 12.8. The van der Waals surface area contributed by atoms with Crippen molar-refractivity contribution in [1.82, 2.24) is 20.9 Å². The number of carbonyl (C=O) groups is 4. The van der Waals surface area contributed by atoms with E-state index in [2.05, 4.69) is 41.9 Å². The van der Waals surface area contributed by atoms with Crippen molar-refractivity contribution in [2.75, 3.05) is 39.4 Å². The highest BCUT2D eigenvalue weighted by Crippen LogP contribution is 2.45. The number of nitrogens with zero attached hydrogens (tertiary/aromatic N) is 1. The van der Waals surface area contributed by atoms with Gasteiger partial charge in [-0.25, -0.2) is 0 Å². The Morgan fingerprint density at radius 2 is 1.04 bits per heavy atom. The molecule has 17 nitrogen and oxygen atoms in total. The summed E-state index contributed by atoms with van der Waals surface area (Å²) in [6.07, 6.45) is 27.3. The van der Waals surface area contributed by atoms with Crippen molar-refractivity contribution in [3.63, 3.8) is 0 Å². The molecule has 0 bridgehead atoms.